The van der Waals surface area contributed by atoms with E-state index in [0.717, 1.165) is 24.2 Å². The molecule has 0 aromatic heterocycles. The van der Waals surface area contributed by atoms with Crippen LogP contribution in [0.25, 0.3) is 0 Å². The summed E-state index contributed by atoms with van der Waals surface area (Å²) in [5, 5.41) is 20.5. The molecule has 0 spiro atoms. The lowest BCUT2D eigenvalue weighted by Gasteiger charge is -2.49. The van der Waals surface area contributed by atoms with Crippen molar-refractivity contribution in [3.05, 3.63) is 29.0 Å². The van der Waals surface area contributed by atoms with Crippen molar-refractivity contribution in [1.82, 2.24) is 0 Å². The highest BCUT2D eigenvalue weighted by molar-refractivity contribution is 5.58. The van der Waals surface area contributed by atoms with Crippen molar-refractivity contribution in [1.29, 1.82) is 0 Å². The van der Waals surface area contributed by atoms with Gasteiger partial charge in [-0.3, -0.25) is 0 Å². The lowest BCUT2D eigenvalue weighted by Crippen LogP contribution is -2.39. The zero-order chi connectivity index (χ0) is 17.3. The van der Waals surface area contributed by atoms with Crippen LogP contribution in [0.15, 0.2) is 23.5 Å². The van der Waals surface area contributed by atoms with Crippen LogP contribution in [-0.2, 0) is 0 Å². The third kappa shape index (κ3) is 2.32. The first-order valence-electron chi connectivity index (χ1n) is 9.15. The molecule has 4 rings (SSSR count). The molecule has 2 aliphatic carbocycles. The molecule has 0 radical (unpaired) electrons. The Balaban J connectivity index is 1.92. The SMILES string of the molecule is CC1(C)CC2=C(Oc3cc(O)cc(O)c3C2C2CCC2)C(C)(C)C1. The third-order valence-electron chi connectivity index (χ3n) is 6.12. The second-order valence-corrected chi connectivity index (χ2v) is 9.40. The molecule has 1 atom stereocenters. The summed E-state index contributed by atoms with van der Waals surface area (Å²) >= 11 is 0. The molecule has 1 saturated carbocycles. The van der Waals surface area contributed by atoms with Gasteiger partial charge in [-0.05, 0) is 42.6 Å². The van der Waals surface area contributed by atoms with Crippen molar-refractivity contribution >= 4 is 0 Å². The summed E-state index contributed by atoms with van der Waals surface area (Å²) in [6, 6.07) is 3.12. The summed E-state index contributed by atoms with van der Waals surface area (Å²) in [4.78, 5) is 0. The van der Waals surface area contributed by atoms with Gasteiger partial charge in [0.25, 0.3) is 0 Å². The van der Waals surface area contributed by atoms with Crippen LogP contribution in [0.2, 0.25) is 0 Å². The van der Waals surface area contributed by atoms with Gasteiger partial charge < -0.3 is 14.9 Å². The number of hydrogen-bond donors (Lipinski definition) is 2. The molecule has 1 aromatic carbocycles. The molecule has 3 aliphatic rings. The topological polar surface area (TPSA) is 49.7 Å². The lowest BCUT2D eigenvalue weighted by molar-refractivity contribution is 0.120. The summed E-state index contributed by atoms with van der Waals surface area (Å²) in [6.07, 6.45) is 5.79. The van der Waals surface area contributed by atoms with Gasteiger partial charge in [0, 0.05) is 29.0 Å². The minimum Gasteiger partial charge on any atom is -0.508 e. The molecule has 2 N–H and O–H groups in total. The Morgan fingerprint density at radius 3 is 2.42 bits per heavy atom. The molecule has 0 amide bonds. The number of hydrogen-bond acceptors (Lipinski definition) is 3. The first kappa shape index (κ1) is 15.9. The van der Waals surface area contributed by atoms with Crippen LogP contribution in [0.3, 0.4) is 0 Å². The quantitative estimate of drug-likeness (QED) is 0.718. The molecule has 0 saturated heterocycles. The van der Waals surface area contributed by atoms with Crippen LogP contribution in [0.4, 0.5) is 0 Å². The fourth-order valence-electron chi connectivity index (χ4n) is 5.40. The molecule has 1 aliphatic heterocycles. The summed E-state index contributed by atoms with van der Waals surface area (Å²) in [6.45, 7) is 9.19. The van der Waals surface area contributed by atoms with E-state index in [4.69, 9.17) is 4.74 Å². The number of ether oxygens (including phenoxy) is 1. The Kier molecular flexibility index (Phi) is 3.26. The van der Waals surface area contributed by atoms with Gasteiger partial charge in [-0.15, -0.1) is 0 Å². The summed E-state index contributed by atoms with van der Waals surface area (Å²) < 4.78 is 6.31. The smallest absolute Gasteiger partial charge is 0.138 e. The third-order valence-corrected chi connectivity index (χ3v) is 6.12. The zero-order valence-electron chi connectivity index (χ0n) is 15.1. The molecule has 3 heteroatoms. The van der Waals surface area contributed by atoms with E-state index >= 15 is 0 Å². The first-order chi connectivity index (χ1) is 11.2. The van der Waals surface area contributed by atoms with Crippen molar-refractivity contribution in [2.24, 2.45) is 16.7 Å². The highest BCUT2D eigenvalue weighted by Gasteiger charge is 2.48. The van der Waals surface area contributed by atoms with Crippen LogP contribution in [-0.4, -0.2) is 10.2 Å². The monoisotopic (exact) mass is 328 g/mol. The average molecular weight is 328 g/mol. The van der Waals surface area contributed by atoms with E-state index in [1.54, 1.807) is 6.07 Å². The Hall–Kier alpha value is -1.64. The van der Waals surface area contributed by atoms with Gasteiger partial charge in [-0.2, -0.15) is 0 Å². The van der Waals surface area contributed by atoms with Crippen molar-refractivity contribution in [2.45, 2.75) is 65.7 Å². The van der Waals surface area contributed by atoms with Crippen LogP contribution in [0, 0.1) is 16.7 Å². The number of benzene rings is 1. The van der Waals surface area contributed by atoms with Crippen LogP contribution in [0.5, 0.6) is 17.2 Å². The minimum atomic E-state index is -0.0299. The molecule has 3 nitrogen and oxygen atoms in total. The van der Waals surface area contributed by atoms with Crippen LogP contribution in [0.1, 0.15) is 71.3 Å². The van der Waals surface area contributed by atoms with E-state index in [1.807, 2.05) is 0 Å². The van der Waals surface area contributed by atoms with Crippen molar-refractivity contribution < 1.29 is 14.9 Å². The van der Waals surface area contributed by atoms with E-state index in [-0.39, 0.29) is 28.2 Å². The minimum absolute atomic E-state index is 0.0299. The van der Waals surface area contributed by atoms with E-state index < -0.39 is 0 Å². The Morgan fingerprint density at radius 2 is 1.79 bits per heavy atom. The number of fused-ring (bicyclic) bond motifs is 1. The van der Waals surface area contributed by atoms with E-state index in [2.05, 4.69) is 27.7 Å². The van der Waals surface area contributed by atoms with Gasteiger partial charge in [0.15, 0.2) is 0 Å². The zero-order valence-corrected chi connectivity index (χ0v) is 15.1. The van der Waals surface area contributed by atoms with Crippen molar-refractivity contribution in [3.8, 4) is 17.2 Å². The second kappa shape index (κ2) is 4.93. The molecule has 1 heterocycles. The molecular weight excluding hydrogens is 300 g/mol. The Morgan fingerprint density at radius 1 is 1.08 bits per heavy atom. The van der Waals surface area contributed by atoms with Crippen molar-refractivity contribution in [2.75, 3.05) is 0 Å². The first-order valence-corrected chi connectivity index (χ1v) is 9.15. The Bertz CT molecular complexity index is 723. The molecule has 0 bridgehead atoms. The van der Waals surface area contributed by atoms with E-state index in [9.17, 15) is 10.2 Å². The number of rotatable bonds is 1. The predicted octanol–water partition coefficient (Wildman–Crippen LogP) is 5.47. The highest BCUT2D eigenvalue weighted by atomic mass is 16.5. The maximum atomic E-state index is 10.6. The normalized spacial score (nSPS) is 27.8. The standard InChI is InChI=1S/C21H28O3/c1-20(2)10-14-17(12-6-5-7-12)18-15(23)8-13(22)9-16(18)24-19(14)21(3,4)11-20/h8-9,12,17,22-23H,5-7,10-11H2,1-4H3. The number of allylic oxidation sites excluding steroid dienone is 2. The molecular formula is C21H28O3. The van der Waals surface area contributed by atoms with Gasteiger partial charge in [-0.25, -0.2) is 0 Å². The summed E-state index contributed by atoms with van der Waals surface area (Å²) in [5.41, 5.74) is 2.48. The average Bonchev–Trinajstić information content (AvgIpc) is 2.35. The lowest BCUT2D eigenvalue weighted by atomic mass is 9.58. The van der Waals surface area contributed by atoms with Gasteiger partial charge in [0.1, 0.15) is 23.0 Å². The van der Waals surface area contributed by atoms with E-state index in [0.29, 0.717) is 11.7 Å². The maximum Gasteiger partial charge on any atom is 0.138 e. The fraction of sp³-hybridized carbons (Fsp3) is 0.619. The predicted molar refractivity (Wildman–Crippen MR) is 94.3 cm³/mol. The van der Waals surface area contributed by atoms with Crippen LogP contribution < -0.4 is 4.74 Å². The maximum absolute atomic E-state index is 10.6. The fourth-order valence-corrected chi connectivity index (χ4v) is 5.40. The van der Waals surface area contributed by atoms with Gasteiger partial charge in [0.2, 0.25) is 0 Å². The van der Waals surface area contributed by atoms with Gasteiger partial charge >= 0.3 is 0 Å². The number of phenolic OH excluding ortho intramolecular Hbond substituents is 2. The largest absolute Gasteiger partial charge is 0.508 e. The van der Waals surface area contributed by atoms with Gasteiger partial charge in [-0.1, -0.05) is 34.1 Å². The van der Waals surface area contributed by atoms with Crippen LogP contribution >= 0.6 is 0 Å². The van der Waals surface area contributed by atoms with Gasteiger partial charge in [0.05, 0.1) is 0 Å². The highest BCUT2D eigenvalue weighted by Crippen LogP contribution is 2.61. The Labute approximate surface area is 144 Å². The molecule has 1 unspecified atom stereocenters. The summed E-state index contributed by atoms with van der Waals surface area (Å²) in [7, 11) is 0. The molecule has 24 heavy (non-hydrogen) atoms. The molecule has 1 aromatic rings. The molecule has 130 valence electrons. The summed E-state index contributed by atoms with van der Waals surface area (Å²) in [5.74, 6) is 2.79. The van der Waals surface area contributed by atoms with Crippen molar-refractivity contribution in [3.63, 3.8) is 0 Å². The number of aromatic hydroxyl groups is 2. The van der Waals surface area contributed by atoms with E-state index in [1.165, 1.54) is 30.9 Å². The molecule has 1 fully saturated rings. The number of phenols is 2. The second-order valence-electron chi connectivity index (χ2n) is 9.40.